The van der Waals surface area contributed by atoms with Gasteiger partial charge in [0.25, 0.3) is 5.24 Å². The van der Waals surface area contributed by atoms with Crippen LogP contribution in [-0.4, -0.2) is 43.6 Å². The molecular weight excluding hydrogens is 436 g/mol. The summed E-state index contributed by atoms with van der Waals surface area (Å²) in [6.07, 6.45) is 1.77. The van der Waals surface area contributed by atoms with E-state index in [4.69, 9.17) is 0 Å². The number of carbonyl (C=O) groups excluding carboxylic acids is 1. The maximum absolute atomic E-state index is 13.1. The summed E-state index contributed by atoms with van der Waals surface area (Å²) in [5.41, 5.74) is -0.512. The number of thioether (sulfide) groups is 1. The predicted octanol–water partition coefficient (Wildman–Crippen LogP) is 7.00. The Labute approximate surface area is 192 Å². The van der Waals surface area contributed by atoms with Crippen molar-refractivity contribution in [1.29, 1.82) is 0 Å². The van der Waals surface area contributed by atoms with Crippen LogP contribution in [-0.2, 0) is 13.1 Å². The lowest BCUT2D eigenvalue weighted by atomic mass is 10.0. The zero-order chi connectivity index (χ0) is 22.1. The number of carbonyl (C=O) groups is 2. The largest absolute Gasteiger partial charge is 0.465 e. The fourth-order valence-corrected chi connectivity index (χ4v) is 5.74. The standard InChI is InChI=1S/C22H32N2O3S3/c1-5-6-9-17(24(20(25)26)22(2,3)4)16-30-21(27)23(14-18-10-7-12-28-18)15-19-11-8-13-29-19/h7-8,10-13,17H,5-6,9,14-16H2,1-4H3,(H,25,26)/t17-/m0/s1. The van der Waals surface area contributed by atoms with Gasteiger partial charge >= 0.3 is 6.09 Å². The number of hydrogen-bond donors (Lipinski definition) is 1. The van der Waals surface area contributed by atoms with Crippen molar-refractivity contribution in [3.63, 3.8) is 0 Å². The van der Waals surface area contributed by atoms with Gasteiger partial charge in [0.1, 0.15) is 0 Å². The first kappa shape index (κ1) is 24.8. The summed E-state index contributed by atoms with van der Waals surface area (Å²) >= 11 is 4.53. The zero-order valence-electron chi connectivity index (χ0n) is 18.2. The summed E-state index contributed by atoms with van der Waals surface area (Å²) in [5.74, 6) is 0.466. The normalized spacial score (nSPS) is 12.5. The van der Waals surface area contributed by atoms with Crippen LogP contribution in [0.3, 0.4) is 0 Å². The molecule has 2 rings (SSSR count). The van der Waals surface area contributed by atoms with Crippen LogP contribution in [0.2, 0.25) is 0 Å². The summed E-state index contributed by atoms with van der Waals surface area (Å²) in [5, 5.41) is 13.9. The molecule has 5 nitrogen and oxygen atoms in total. The highest BCUT2D eigenvalue weighted by atomic mass is 32.2. The number of amides is 2. The molecule has 1 atom stereocenters. The van der Waals surface area contributed by atoms with Crippen LogP contribution >= 0.6 is 34.4 Å². The molecule has 0 saturated carbocycles. The van der Waals surface area contributed by atoms with E-state index in [1.165, 1.54) is 16.7 Å². The molecule has 1 N–H and O–H groups in total. The molecule has 0 aromatic carbocycles. The smallest absolute Gasteiger partial charge is 0.408 e. The number of rotatable bonds is 10. The first-order chi connectivity index (χ1) is 14.2. The molecule has 0 aliphatic rings. The van der Waals surface area contributed by atoms with Gasteiger partial charge in [0.05, 0.1) is 13.1 Å². The molecule has 0 aliphatic heterocycles. The molecule has 0 fully saturated rings. The summed E-state index contributed by atoms with van der Waals surface area (Å²) in [6, 6.07) is 7.88. The Morgan fingerprint density at radius 1 is 1.10 bits per heavy atom. The molecule has 0 aliphatic carbocycles. The Hall–Kier alpha value is -1.51. The monoisotopic (exact) mass is 468 g/mol. The van der Waals surface area contributed by atoms with Gasteiger partial charge < -0.3 is 10.0 Å². The number of unbranched alkanes of at least 4 members (excludes halogenated alkanes) is 1. The third-order valence-corrected chi connectivity index (χ3v) is 7.47. The van der Waals surface area contributed by atoms with Crippen molar-refractivity contribution in [3.8, 4) is 0 Å². The maximum Gasteiger partial charge on any atom is 0.408 e. The number of carboxylic acid groups (broad SMARTS) is 1. The second-order valence-corrected chi connectivity index (χ2v) is 11.2. The van der Waals surface area contributed by atoms with E-state index >= 15 is 0 Å². The topological polar surface area (TPSA) is 60.9 Å². The van der Waals surface area contributed by atoms with Gasteiger partial charge in [-0.05, 0) is 50.1 Å². The Kier molecular flexibility index (Phi) is 9.71. The average molecular weight is 469 g/mol. The van der Waals surface area contributed by atoms with Gasteiger partial charge in [0.15, 0.2) is 0 Å². The van der Waals surface area contributed by atoms with E-state index in [9.17, 15) is 14.7 Å². The summed E-state index contributed by atoms with van der Waals surface area (Å²) < 4.78 is 0. The van der Waals surface area contributed by atoms with Gasteiger partial charge in [-0.15, -0.1) is 22.7 Å². The molecule has 0 radical (unpaired) electrons. The molecule has 0 bridgehead atoms. The zero-order valence-corrected chi connectivity index (χ0v) is 20.6. The molecule has 30 heavy (non-hydrogen) atoms. The number of hydrogen-bond acceptors (Lipinski definition) is 5. The predicted molar refractivity (Wildman–Crippen MR) is 129 cm³/mol. The van der Waals surface area contributed by atoms with Gasteiger partial charge in [-0.2, -0.15) is 0 Å². The lowest BCUT2D eigenvalue weighted by Gasteiger charge is -2.39. The summed E-state index contributed by atoms with van der Waals surface area (Å²) in [6.45, 7) is 8.97. The van der Waals surface area contributed by atoms with Gasteiger partial charge in [0.2, 0.25) is 0 Å². The van der Waals surface area contributed by atoms with E-state index < -0.39 is 11.6 Å². The van der Waals surface area contributed by atoms with Crippen LogP contribution in [0.25, 0.3) is 0 Å². The van der Waals surface area contributed by atoms with E-state index in [0.29, 0.717) is 18.8 Å². The maximum atomic E-state index is 13.1. The van der Waals surface area contributed by atoms with Crippen LogP contribution in [0.5, 0.6) is 0 Å². The highest BCUT2D eigenvalue weighted by molar-refractivity contribution is 8.13. The molecule has 2 heterocycles. The van der Waals surface area contributed by atoms with E-state index in [1.54, 1.807) is 22.7 Å². The first-order valence-corrected chi connectivity index (χ1v) is 13.0. The fraction of sp³-hybridized carbons (Fsp3) is 0.545. The van der Waals surface area contributed by atoms with Crippen molar-refractivity contribution >= 4 is 45.8 Å². The first-order valence-electron chi connectivity index (χ1n) is 10.2. The van der Waals surface area contributed by atoms with Crippen LogP contribution in [0.4, 0.5) is 9.59 Å². The Bertz CT molecular complexity index is 734. The molecule has 2 aromatic heterocycles. The van der Waals surface area contributed by atoms with Crippen molar-refractivity contribution in [2.75, 3.05) is 5.75 Å². The summed E-state index contributed by atoms with van der Waals surface area (Å²) in [7, 11) is 0. The van der Waals surface area contributed by atoms with Crippen molar-refractivity contribution < 1.29 is 14.7 Å². The number of thiophene rings is 2. The Morgan fingerprint density at radius 3 is 2.07 bits per heavy atom. The minimum absolute atomic E-state index is 0.00227. The molecular formula is C22H32N2O3S3. The Balaban J connectivity index is 2.11. The quantitative estimate of drug-likeness (QED) is 0.408. The highest BCUT2D eigenvalue weighted by Crippen LogP contribution is 2.26. The van der Waals surface area contributed by atoms with E-state index in [1.807, 2.05) is 60.7 Å². The van der Waals surface area contributed by atoms with Crippen LogP contribution in [0.1, 0.15) is 56.7 Å². The fourth-order valence-electron chi connectivity index (χ4n) is 3.34. The van der Waals surface area contributed by atoms with Crippen LogP contribution in [0, 0.1) is 0 Å². The summed E-state index contributed by atoms with van der Waals surface area (Å²) in [4.78, 5) is 30.8. The van der Waals surface area contributed by atoms with Gasteiger partial charge in [-0.25, -0.2) is 4.79 Å². The van der Waals surface area contributed by atoms with Gasteiger partial charge in [-0.1, -0.05) is 43.7 Å². The van der Waals surface area contributed by atoms with Crippen molar-refractivity contribution in [1.82, 2.24) is 9.80 Å². The molecule has 0 unspecified atom stereocenters. The second-order valence-electron chi connectivity index (χ2n) is 8.21. The SMILES string of the molecule is CCCC[C@@H](CSC(=O)N(Cc1cccs1)Cc1cccs1)N(C(=O)O)C(C)(C)C. The average Bonchev–Trinajstić information content (AvgIpc) is 3.35. The molecule has 0 saturated heterocycles. The highest BCUT2D eigenvalue weighted by Gasteiger charge is 2.33. The van der Waals surface area contributed by atoms with Gasteiger partial charge in [-0.3, -0.25) is 9.69 Å². The molecule has 0 spiro atoms. The second kappa shape index (κ2) is 11.8. The molecule has 2 aromatic rings. The number of nitrogens with zero attached hydrogens (tertiary/aromatic N) is 2. The van der Waals surface area contributed by atoms with Crippen LogP contribution in [0.15, 0.2) is 35.0 Å². The third kappa shape index (κ3) is 7.63. The van der Waals surface area contributed by atoms with Crippen LogP contribution < -0.4 is 0 Å². The molecule has 166 valence electrons. The van der Waals surface area contributed by atoms with Gasteiger partial charge in [0, 0.05) is 27.1 Å². The molecule has 8 heteroatoms. The minimum atomic E-state index is -0.925. The van der Waals surface area contributed by atoms with Crippen molar-refractivity contribution in [2.24, 2.45) is 0 Å². The van der Waals surface area contributed by atoms with Crippen molar-refractivity contribution in [2.45, 2.75) is 71.6 Å². The lowest BCUT2D eigenvalue weighted by Crippen LogP contribution is -2.52. The molecule has 2 amide bonds. The third-order valence-electron chi connectivity index (χ3n) is 4.70. The minimum Gasteiger partial charge on any atom is -0.465 e. The van der Waals surface area contributed by atoms with Crippen molar-refractivity contribution in [3.05, 3.63) is 44.8 Å². The van der Waals surface area contributed by atoms with E-state index in [2.05, 4.69) is 6.92 Å². The Morgan fingerprint density at radius 2 is 1.67 bits per heavy atom. The lowest BCUT2D eigenvalue weighted by molar-refractivity contribution is 0.0735. The van der Waals surface area contributed by atoms with E-state index in [-0.39, 0.29) is 11.3 Å². The van der Waals surface area contributed by atoms with E-state index in [0.717, 1.165) is 29.0 Å².